The number of nitrogens with one attached hydrogen (secondary N) is 2. The quantitative estimate of drug-likeness (QED) is 0.225. The monoisotopic (exact) mass is 398 g/mol. The second-order valence-corrected chi connectivity index (χ2v) is 7.21. The van der Waals surface area contributed by atoms with E-state index in [-0.39, 0.29) is 0 Å². The molecule has 2 aromatic carbocycles. The van der Waals surface area contributed by atoms with Crippen molar-refractivity contribution in [1.29, 1.82) is 0 Å². The van der Waals surface area contributed by atoms with Gasteiger partial charge >= 0.3 is 0 Å². The predicted molar refractivity (Wildman–Crippen MR) is 120 cm³/mol. The van der Waals surface area contributed by atoms with Crippen LogP contribution in [0.4, 0.5) is 11.4 Å². The summed E-state index contributed by atoms with van der Waals surface area (Å²) in [7, 11) is 0. The van der Waals surface area contributed by atoms with E-state index in [4.69, 9.17) is 10.9 Å². The van der Waals surface area contributed by atoms with Gasteiger partial charge in [0, 0.05) is 17.1 Å². The van der Waals surface area contributed by atoms with Crippen molar-refractivity contribution in [3.63, 3.8) is 0 Å². The van der Waals surface area contributed by atoms with Crippen LogP contribution in [0.15, 0.2) is 91.2 Å². The van der Waals surface area contributed by atoms with Crippen molar-refractivity contribution in [2.24, 2.45) is 0 Å². The van der Waals surface area contributed by atoms with E-state index < -0.39 is 11.4 Å². The number of nitrogen functional groups attached to an aromatic ring is 1. The number of carbonyl (C=O) groups excluding carboxylic acids is 1. The number of benzene rings is 2. The Hall–Kier alpha value is -3.90. The number of carbonyl (C=O) groups is 1. The summed E-state index contributed by atoms with van der Waals surface area (Å²) in [4.78, 5) is 16.1. The van der Waals surface area contributed by atoms with Crippen LogP contribution in [0, 0.1) is 0 Å². The number of aromatic nitrogens is 1. The van der Waals surface area contributed by atoms with Gasteiger partial charge in [-0.05, 0) is 47.9 Å². The zero-order chi connectivity index (χ0) is 21.0. The van der Waals surface area contributed by atoms with Crippen LogP contribution in [0.5, 0.6) is 0 Å². The third kappa shape index (κ3) is 4.24. The number of anilines is 2. The topological polar surface area (TPSA) is 100 Å². The van der Waals surface area contributed by atoms with E-state index in [1.165, 1.54) is 6.08 Å². The number of pyridine rings is 1. The van der Waals surface area contributed by atoms with Crippen LogP contribution in [0.25, 0.3) is 16.5 Å². The number of fused-ring (bicyclic) bond motifs is 1. The van der Waals surface area contributed by atoms with E-state index in [0.29, 0.717) is 6.42 Å². The average molecular weight is 398 g/mol. The first-order valence-electron chi connectivity index (χ1n) is 9.58. The lowest BCUT2D eigenvalue weighted by molar-refractivity contribution is -0.124. The molecule has 0 aliphatic heterocycles. The van der Waals surface area contributed by atoms with Gasteiger partial charge in [0.2, 0.25) is 0 Å². The number of hydroxylamine groups is 1. The van der Waals surface area contributed by atoms with E-state index in [1.54, 1.807) is 17.8 Å². The summed E-state index contributed by atoms with van der Waals surface area (Å²) in [5, 5.41) is 13.4. The van der Waals surface area contributed by atoms with Gasteiger partial charge < -0.3 is 11.1 Å². The Kier molecular flexibility index (Phi) is 5.32. The number of rotatable bonds is 5. The van der Waals surface area contributed by atoms with Gasteiger partial charge in [-0.2, -0.15) is 0 Å². The first-order chi connectivity index (χ1) is 14.6. The zero-order valence-corrected chi connectivity index (χ0v) is 16.2. The second kappa shape index (κ2) is 8.23. The van der Waals surface area contributed by atoms with Crippen LogP contribution in [0.1, 0.15) is 12.0 Å². The maximum atomic E-state index is 11.6. The maximum absolute atomic E-state index is 11.6. The summed E-state index contributed by atoms with van der Waals surface area (Å²) in [6.45, 7) is 0. The van der Waals surface area contributed by atoms with Crippen molar-refractivity contribution >= 4 is 33.8 Å². The van der Waals surface area contributed by atoms with Crippen molar-refractivity contribution in [2.45, 2.75) is 12.0 Å². The highest BCUT2D eigenvalue weighted by Gasteiger charge is 2.26. The van der Waals surface area contributed by atoms with Crippen LogP contribution in [0.3, 0.4) is 0 Å². The fourth-order valence-electron chi connectivity index (χ4n) is 3.47. The molecule has 6 nitrogen and oxygen atoms in total. The molecule has 4 rings (SSSR count). The Morgan fingerprint density at radius 2 is 1.97 bits per heavy atom. The molecule has 30 heavy (non-hydrogen) atoms. The van der Waals surface area contributed by atoms with Crippen LogP contribution in [-0.2, 0) is 4.79 Å². The Bertz CT molecular complexity index is 1170. The Morgan fingerprint density at radius 3 is 2.70 bits per heavy atom. The van der Waals surface area contributed by atoms with E-state index in [2.05, 4.69) is 16.4 Å². The molecule has 0 saturated carbocycles. The van der Waals surface area contributed by atoms with E-state index in [9.17, 15) is 4.79 Å². The first-order valence-corrected chi connectivity index (χ1v) is 9.58. The van der Waals surface area contributed by atoms with Gasteiger partial charge in [-0.25, -0.2) is 5.48 Å². The summed E-state index contributed by atoms with van der Waals surface area (Å²) in [6.07, 6.45) is 11.6. The van der Waals surface area contributed by atoms with Crippen molar-refractivity contribution in [3.05, 3.63) is 96.7 Å². The van der Waals surface area contributed by atoms with E-state index in [0.717, 1.165) is 33.4 Å². The van der Waals surface area contributed by atoms with Crippen molar-refractivity contribution in [1.82, 2.24) is 10.5 Å². The molecular formula is C24H22N4O2. The van der Waals surface area contributed by atoms with Crippen molar-refractivity contribution in [3.8, 4) is 0 Å². The molecule has 1 atom stereocenters. The SMILES string of the molecule is Nc1ccc(C2=CCC(/C=C/C(=O)NO)(Nc3cnc4ccccc4c3)C=C2)cc1. The molecule has 1 unspecified atom stereocenters. The Balaban J connectivity index is 1.64. The molecule has 1 heterocycles. The van der Waals surface area contributed by atoms with Gasteiger partial charge in [0.05, 0.1) is 22.9 Å². The Morgan fingerprint density at radius 1 is 1.17 bits per heavy atom. The summed E-state index contributed by atoms with van der Waals surface area (Å²) in [6, 6.07) is 17.6. The second-order valence-electron chi connectivity index (χ2n) is 7.21. The average Bonchev–Trinajstić information content (AvgIpc) is 2.78. The lowest BCUT2D eigenvalue weighted by atomic mass is 9.86. The van der Waals surface area contributed by atoms with Gasteiger partial charge in [0.15, 0.2) is 0 Å². The van der Waals surface area contributed by atoms with Gasteiger partial charge in [0.1, 0.15) is 0 Å². The van der Waals surface area contributed by atoms with Crippen LogP contribution in [0.2, 0.25) is 0 Å². The summed E-state index contributed by atoms with van der Waals surface area (Å²) < 4.78 is 0. The van der Waals surface area contributed by atoms with Crippen LogP contribution in [-0.4, -0.2) is 21.6 Å². The highest BCUT2D eigenvalue weighted by molar-refractivity contribution is 5.87. The Labute approximate surface area is 174 Å². The molecule has 5 N–H and O–H groups in total. The predicted octanol–water partition coefficient (Wildman–Crippen LogP) is 4.07. The number of hydrogen-bond acceptors (Lipinski definition) is 5. The zero-order valence-electron chi connectivity index (χ0n) is 16.2. The minimum absolute atomic E-state index is 0.588. The van der Waals surface area contributed by atoms with Gasteiger partial charge in [-0.3, -0.25) is 15.0 Å². The molecular weight excluding hydrogens is 376 g/mol. The standard InChI is InChI=1S/C24H22N4O2/c25-20-7-5-17(6-8-20)18-9-12-24(13-10-18,14-11-23(29)28-30)27-21-15-19-3-1-2-4-22(19)26-16-21/h1-12,14-16,27,30H,13,25H2,(H,28,29)/b14-11+. The summed E-state index contributed by atoms with van der Waals surface area (Å²) in [5.41, 5.74) is 11.4. The molecule has 1 amide bonds. The molecule has 1 aliphatic carbocycles. The molecule has 0 fully saturated rings. The van der Waals surface area contributed by atoms with Gasteiger partial charge in [-0.1, -0.05) is 48.6 Å². The minimum atomic E-state index is -0.645. The maximum Gasteiger partial charge on any atom is 0.267 e. The van der Waals surface area contributed by atoms with Crippen molar-refractivity contribution in [2.75, 3.05) is 11.1 Å². The van der Waals surface area contributed by atoms with E-state index in [1.807, 2.05) is 66.7 Å². The summed E-state index contributed by atoms with van der Waals surface area (Å²) in [5.74, 6) is -0.588. The molecule has 0 bridgehead atoms. The fraction of sp³-hybridized carbons (Fsp3) is 0.0833. The molecule has 1 aliphatic rings. The number of allylic oxidation sites excluding steroid dienone is 2. The molecule has 1 aromatic heterocycles. The third-order valence-corrected chi connectivity index (χ3v) is 5.07. The summed E-state index contributed by atoms with van der Waals surface area (Å²) >= 11 is 0. The number of nitrogens with two attached hydrogens (primary N) is 1. The number of para-hydroxylation sites is 1. The largest absolute Gasteiger partial charge is 0.399 e. The molecule has 6 heteroatoms. The third-order valence-electron chi connectivity index (χ3n) is 5.07. The lowest BCUT2D eigenvalue weighted by Crippen LogP contribution is -2.35. The molecule has 0 saturated heterocycles. The molecule has 150 valence electrons. The van der Waals surface area contributed by atoms with Crippen LogP contribution >= 0.6 is 0 Å². The highest BCUT2D eigenvalue weighted by atomic mass is 16.5. The molecule has 3 aromatic rings. The number of nitrogens with zero attached hydrogens (tertiary/aromatic N) is 1. The smallest absolute Gasteiger partial charge is 0.267 e. The molecule has 0 spiro atoms. The normalized spacial score (nSPS) is 18.4. The van der Waals surface area contributed by atoms with Gasteiger partial charge in [0.25, 0.3) is 5.91 Å². The number of amides is 1. The van der Waals surface area contributed by atoms with E-state index >= 15 is 0 Å². The van der Waals surface area contributed by atoms with Gasteiger partial charge in [-0.15, -0.1) is 0 Å². The first kappa shape index (κ1) is 19.4. The van der Waals surface area contributed by atoms with Crippen molar-refractivity contribution < 1.29 is 10.0 Å². The lowest BCUT2D eigenvalue weighted by Gasteiger charge is -2.32. The number of hydrogen-bond donors (Lipinski definition) is 4. The highest BCUT2D eigenvalue weighted by Crippen LogP contribution is 2.32. The minimum Gasteiger partial charge on any atom is -0.399 e. The molecule has 0 radical (unpaired) electrons. The fourth-order valence-corrected chi connectivity index (χ4v) is 3.47. The van der Waals surface area contributed by atoms with Crippen LogP contribution < -0.4 is 16.5 Å².